The molecule has 2 bridgehead atoms. The predicted octanol–water partition coefficient (Wildman–Crippen LogP) is 2.94. The van der Waals surface area contributed by atoms with Crippen LogP contribution < -0.4 is 15.4 Å². The van der Waals surface area contributed by atoms with Gasteiger partial charge in [-0.3, -0.25) is 0 Å². The number of fused-ring (bicyclic) bond motifs is 3. The normalized spacial score (nSPS) is 27.8. The molecule has 4 nitrogen and oxygen atoms in total. The van der Waals surface area contributed by atoms with Gasteiger partial charge >= 0.3 is 0 Å². The fraction of sp³-hybridized carbons (Fsp3) is 0.471. The van der Waals surface area contributed by atoms with E-state index in [1.807, 2.05) is 18.3 Å². The first-order chi connectivity index (χ1) is 10.3. The standard InChI is InChI=1S/C17H21N3O/c1-21-15-5-2-11-6-7-18-17(16(11)10-15)20-14-8-12-3-4-13(9-14)19-12/h2,5-7,10,12-14,19H,3-4,8-9H2,1H3,(H,18,20). The summed E-state index contributed by atoms with van der Waals surface area (Å²) in [5, 5.41) is 9.69. The van der Waals surface area contributed by atoms with E-state index in [9.17, 15) is 0 Å². The van der Waals surface area contributed by atoms with Crippen molar-refractivity contribution in [2.75, 3.05) is 12.4 Å². The molecule has 2 aliphatic rings. The molecular weight excluding hydrogens is 262 g/mol. The van der Waals surface area contributed by atoms with Crippen LogP contribution in [0.25, 0.3) is 10.8 Å². The zero-order valence-corrected chi connectivity index (χ0v) is 12.3. The van der Waals surface area contributed by atoms with Crippen LogP contribution in [0.1, 0.15) is 25.7 Å². The average molecular weight is 283 g/mol. The minimum absolute atomic E-state index is 0.521. The number of ether oxygens (including phenoxy) is 1. The molecule has 2 N–H and O–H groups in total. The summed E-state index contributed by atoms with van der Waals surface area (Å²) in [6, 6.07) is 10.1. The van der Waals surface area contributed by atoms with Crippen molar-refractivity contribution in [2.45, 2.75) is 43.8 Å². The Balaban J connectivity index is 1.63. The number of hydrogen-bond acceptors (Lipinski definition) is 4. The van der Waals surface area contributed by atoms with Gasteiger partial charge in [0.25, 0.3) is 0 Å². The van der Waals surface area contributed by atoms with Gasteiger partial charge in [-0.2, -0.15) is 0 Å². The van der Waals surface area contributed by atoms with Crippen LogP contribution in [0.15, 0.2) is 30.5 Å². The molecule has 0 aliphatic carbocycles. The molecule has 0 saturated carbocycles. The Morgan fingerprint density at radius 1 is 1.19 bits per heavy atom. The maximum atomic E-state index is 5.35. The second kappa shape index (κ2) is 5.19. The van der Waals surface area contributed by atoms with Gasteiger partial charge in [-0.05, 0) is 49.3 Å². The molecule has 2 saturated heterocycles. The number of methoxy groups -OCH3 is 1. The van der Waals surface area contributed by atoms with Gasteiger partial charge < -0.3 is 15.4 Å². The third kappa shape index (κ3) is 2.44. The van der Waals surface area contributed by atoms with Crippen LogP contribution >= 0.6 is 0 Å². The molecule has 0 radical (unpaired) electrons. The first-order valence-corrected chi connectivity index (χ1v) is 7.77. The molecule has 4 heteroatoms. The number of aromatic nitrogens is 1. The SMILES string of the molecule is COc1ccc2ccnc(NC3CC4CCC(C3)N4)c2c1. The molecule has 0 spiro atoms. The van der Waals surface area contributed by atoms with E-state index in [1.165, 1.54) is 31.1 Å². The Bertz CT molecular complexity index is 646. The number of pyridine rings is 1. The van der Waals surface area contributed by atoms with Crippen LogP contribution in [0, 0.1) is 0 Å². The van der Waals surface area contributed by atoms with Gasteiger partial charge in [-0.25, -0.2) is 4.98 Å². The fourth-order valence-electron chi connectivity index (χ4n) is 3.76. The van der Waals surface area contributed by atoms with E-state index < -0.39 is 0 Å². The first kappa shape index (κ1) is 12.9. The quantitative estimate of drug-likeness (QED) is 0.909. The van der Waals surface area contributed by atoms with Crippen LogP contribution in [0.2, 0.25) is 0 Å². The van der Waals surface area contributed by atoms with Crippen LogP contribution in [-0.2, 0) is 0 Å². The Hall–Kier alpha value is -1.81. The third-order valence-electron chi connectivity index (χ3n) is 4.79. The maximum Gasteiger partial charge on any atom is 0.134 e. The summed E-state index contributed by atoms with van der Waals surface area (Å²) in [6.45, 7) is 0. The molecule has 2 unspecified atom stereocenters. The van der Waals surface area contributed by atoms with E-state index in [-0.39, 0.29) is 0 Å². The number of rotatable bonds is 3. The van der Waals surface area contributed by atoms with E-state index in [2.05, 4.69) is 27.8 Å². The van der Waals surface area contributed by atoms with Gasteiger partial charge in [0, 0.05) is 29.7 Å². The van der Waals surface area contributed by atoms with Crippen molar-refractivity contribution >= 4 is 16.6 Å². The second-order valence-corrected chi connectivity index (χ2v) is 6.20. The minimum Gasteiger partial charge on any atom is -0.497 e. The van der Waals surface area contributed by atoms with Crippen LogP contribution in [0.3, 0.4) is 0 Å². The third-order valence-corrected chi connectivity index (χ3v) is 4.79. The molecule has 21 heavy (non-hydrogen) atoms. The lowest BCUT2D eigenvalue weighted by molar-refractivity contribution is 0.378. The van der Waals surface area contributed by atoms with E-state index >= 15 is 0 Å². The Labute approximate surface area is 124 Å². The van der Waals surface area contributed by atoms with Crippen molar-refractivity contribution in [1.29, 1.82) is 0 Å². The minimum atomic E-state index is 0.521. The number of hydrogen-bond donors (Lipinski definition) is 2. The van der Waals surface area contributed by atoms with Crippen LogP contribution in [-0.4, -0.2) is 30.2 Å². The molecule has 4 rings (SSSR count). The van der Waals surface area contributed by atoms with Crippen molar-refractivity contribution in [3.63, 3.8) is 0 Å². The highest BCUT2D eigenvalue weighted by molar-refractivity contribution is 5.92. The molecule has 2 atom stereocenters. The Morgan fingerprint density at radius 3 is 2.76 bits per heavy atom. The van der Waals surface area contributed by atoms with E-state index in [0.29, 0.717) is 18.1 Å². The fourth-order valence-corrected chi connectivity index (χ4v) is 3.76. The smallest absolute Gasteiger partial charge is 0.134 e. The first-order valence-electron chi connectivity index (χ1n) is 7.77. The van der Waals surface area contributed by atoms with E-state index in [1.54, 1.807) is 7.11 Å². The molecular formula is C17H21N3O. The number of nitrogens with one attached hydrogen (secondary N) is 2. The highest BCUT2D eigenvalue weighted by Crippen LogP contribution is 2.31. The lowest BCUT2D eigenvalue weighted by Crippen LogP contribution is -2.43. The Kier molecular flexibility index (Phi) is 3.19. The predicted molar refractivity (Wildman–Crippen MR) is 84.9 cm³/mol. The maximum absolute atomic E-state index is 5.35. The summed E-state index contributed by atoms with van der Waals surface area (Å²) in [6.07, 6.45) is 6.91. The highest BCUT2D eigenvalue weighted by Gasteiger charge is 2.33. The Morgan fingerprint density at radius 2 is 2.00 bits per heavy atom. The average Bonchev–Trinajstić information content (AvgIpc) is 2.86. The van der Waals surface area contributed by atoms with E-state index in [0.717, 1.165) is 17.0 Å². The molecule has 110 valence electrons. The van der Waals surface area contributed by atoms with Gasteiger partial charge in [-0.15, -0.1) is 0 Å². The molecule has 1 aromatic heterocycles. The second-order valence-electron chi connectivity index (χ2n) is 6.20. The number of nitrogens with zero attached hydrogens (tertiary/aromatic N) is 1. The summed E-state index contributed by atoms with van der Waals surface area (Å²) in [5.74, 6) is 1.86. The van der Waals surface area contributed by atoms with Crippen molar-refractivity contribution in [3.8, 4) is 5.75 Å². The van der Waals surface area contributed by atoms with Gasteiger partial charge in [0.15, 0.2) is 0 Å². The highest BCUT2D eigenvalue weighted by atomic mass is 16.5. The summed E-state index contributed by atoms with van der Waals surface area (Å²) in [4.78, 5) is 4.56. The molecule has 2 aliphatic heterocycles. The van der Waals surface area contributed by atoms with Gasteiger partial charge in [-0.1, -0.05) is 6.07 Å². The van der Waals surface area contributed by atoms with Crippen molar-refractivity contribution in [2.24, 2.45) is 0 Å². The number of anilines is 1. The molecule has 3 heterocycles. The zero-order valence-electron chi connectivity index (χ0n) is 12.3. The van der Waals surface area contributed by atoms with Crippen LogP contribution in [0.4, 0.5) is 5.82 Å². The van der Waals surface area contributed by atoms with Gasteiger partial charge in [0.05, 0.1) is 7.11 Å². The summed E-state index contributed by atoms with van der Waals surface area (Å²) < 4.78 is 5.35. The topological polar surface area (TPSA) is 46.2 Å². The van der Waals surface area contributed by atoms with Crippen molar-refractivity contribution in [1.82, 2.24) is 10.3 Å². The lowest BCUT2D eigenvalue weighted by Gasteiger charge is -2.30. The number of piperidine rings is 1. The van der Waals surface area contributed by atoms with Crippen LogP contribution in [0.5, 0.6) is 5.75 Å². The van der Waals surface area contributed by atoms with E-state index in [4.69, 9.17) is 4.74 Å². The molecule has 1 aromatic carbocycles. The van der Waals surface area contributed by atoms with Crippen molar-refractivity contribution in [3.05, 3.63) is 30.5 Å². The molecule has 2 aromatic rings. The summed E-state index contributed by atoms with van der Waals surface area (Å²) in [5.41, 5.74) is 0. The number of benzene rings is 1. The van der Waals surface area contributed by atoms with Gasteiger partial charge in [0.1, 0.15) is 11.6 Å². The molecule has 2 fully saturated rings. The lowest BCUT2D eigenvalue weighted by atomic mass is 9.99. The monoisotopic (exact) mass is 283 g/mol. The molecule has 0 amide bonds. The van der Waals surface area contributed by atoms with Crippen molar-refractivity contribution < 1.29 is 4.74 Å². The largest absolute Gasteiger partial charge is 0.497 e. The summed E-state index contributed by atoms with van der Waals surface area (Å²) in [7, 11) is 1.70. The van der Waals surface area contributed by atoms with Gasteiger partial charge in [0.2, 0.25) is 0 Å². The summed E-state index contributed by atoms with van der Waals surface area (Å²) >= 11 is 0. The zero-order chi connectivity index (χ0) is 14.2.